The Morgan fingerprint density at radius 3 is 2.44 bits per heavy atom. The highest BCUT2D eigenvalue weighted by atomic mass is 32.2. The molecule has 6 nitrogen and oxygen atoms in total. The van der Waals surface area contributed by atoms with Crippen molar-refractivity contribution >= 4 is 11.8 Å². The molecule has 0 aliphatic rings. The normalized spacial score (nSPS) is 14.0. The van der Waals surface area contributed by atoms with E-state index in [-0.39, 0.29) is 12.0 Å². The van der Waals surface area contributed by atoms with Gasteiger partial charge in [0, 0.05) is 6.54 Å². The first-order valence-electron chi connectivity index (χ1n) is 12.1. The summed E-state index contributed by atoms with van der Waals surface area (Å²) in [5.74, 6) is 2.15. The fourth-order valence-corrected chi connectivity index (χ4v) is 4.92. The Labute approximate surface area is 208 Å². The molecule has 0 unspecified atom stereocenters. The highest BCUT2D eigenvalue weighted by Gasteiger charge is 2.35. The lowest BCUT2D eigenvalue weighted by molar-refractivity contribution is 0.349. The van der Waals surface area contributed by atoms with Gasteiger partial charge in [-0.25, -0.2) is 4.68 Å². The van der Waals surface area contributed by atoms with Crippen molar-refractivity contribution in [2.24, 2.45) is 5.92 Å². The second-order valence-corrected chi connectivity index (χ2v) is 9.98. The molecule has 1 N–H and O–H groups in total. The van der Waals surface area contributed by atoms with Gasteiger partial charge in [0.15, 0.2) is 5.82 Å². The van der Waals surface area contributed by atoms with Crippen LogP contribution in [-0.2, 0) is 18.4 Å². The number of thioether (sulfide) groups is 1. The molecule has 1 aromatic heterocycles. The van der Waals surface area contributed by atoms with Gasteiger partial charge in [-0.15, -0.1) is 5.10 Å². The summed E-state index contributed by atoms with van der Waals surface area (Å²) in [6, 6.07) is 23.4. The second-order valence-electron chi connectivity index (χ2n) is 8.99. The predicted molar refractivity (Wildman–Crippen MR) is 140 cm³/mol. The second kappa shape index (κ2) is 13.3. The minimum Gasteiger partial charge on any atom is -0.307 e. The molecule has 0 aliphatic heterocycles. The van der Waals surface area contributed by atoms with Crippen LogP contribution in [0.2, 0.25) is 0 Å². The standard InChI is InChI=1S/C27H36N6S/c1-22(2)27(21-28,24-13-8-5-9-14-24)17-10-18-29-25(16-20-34-3)26-30-31-32-33(26)19-15-23-11-6-4-7-12-23/h4-9,11-14,22,25,29H,10,15-20H2,1-3H3/t25-,27-/m0/s1. The molecule has 0 fully saturated rings. The molecule has 3 aromatic rings. The van der Waals surface area contributed by atoms with Gasteiger partial charge >= 0.3 is 0 Å². The maximum atomic E-state index is 10.2. The van der Waals surface area contributed by atoms with Gasteiger partial charge < -0.3 is 5.32 Å². The van der Waals surface area contributed by atoms with Gasteiger partial charge in [0.2, 0.25) is 0 Å². The van der Waals surface area contributed by atoms with Crippen LogP contribution >= 0.6 is 11.8 Å². The van der Waals surface area contributed by atoms with E-state index >= 15 is 0 Å². The van der Waals surface area contributed by atoms with E-state index < -0.39 is 5.41 Å². The van der Waals surface area contributed by atoms with Crippen LogP contribution in [0, 0.1) is 17.2 Å². The van der Waals surface area contributed by atoms with Gasteiger partial charge in [-0.05, 0) is 71.7 Å². The summed E-state index contributed by atoms with van der Waals surface area (Å²) < 4.78 is 1.93. The first kappa shape index (κ1) is 25.9. The zero-order chi connectivity index (χ0) is 24.2. The summed E-state index contributed by atoms with van der Waals surface area (Å²) in [4.78, 5) is 0. The van der Waals surface area contributed by atoms with Gasteiger partial charge in [-0.2, -0.15) is 17.0 Å². The van der Waals surface area contributed by atoms with E-state index in [1.165, 1.54) is 5.56 Å². The smallest absolute Gasteiger partial charge is 0.168 e. The lowest BCUT2D eigenvalue weighted by Crippen LogP contribution is -2.33. The Morgan fingerprint density at radius 2 is 1.79 bits per heavy atom. The van der Waals surface area contributed by atoms with E-state index in [2.05, 4.69) is 83.4 Å². The van der Waals surface area contributed by atoms with Gasteiger partial charge in [-0.1, -0.05) is 74.5 Å². The number of nitriles is 1. The molecular weight excluding hydrogens is 440 g/mol. The summed E-state index contributed by atoms with van der Waals surface area (Å²) in [5, 5.41) is 26.5. The summed E-state index contributed by atoms with van der Waals surface area (Å²) in [5.41, 5.74) is 1.91. The largest absolute Gasteiger partial charge is 0.307 e. The lowest BCUT2D eigenvalue weighted by Gasteiger charge is -2.31. The molecule has 0 aliphatic carbocycles. The average Bonchev–Trinajstić information content (AvgIpc) is 3.34. The van der Waals surface area contributed by atoms with Crippen LogP contribution in [-0.4, -0.2) is 38.8 Å². The number of aryl methyl sites for hydroxylation is 2. The van der Waals surface area contributed by atoms with Crippen LogP contribution in [0.3, 0.4) is 0 Å². The van der Waals surface area contributed by atoms with Crippen LogP contribution in [0.1, 0.15) is 56.1 Å². The fourth-order valence-electron chi connectivity index (χ4n) is 4.45. The van der Waals surface area contributed by atoms with Crippen molar-refractivity contribution in [1.29, 1.82) is 5.26 Å². The SMILES string of the molecule is CSCC[C@H](NCCC[C@@](C#N)(c1ccccc1)C(C)C)c1nnnn1CCc1ccccc1. The number of aromatic nitrogens is 4. The maximum Gasteiger partial charge on any atom is 0.168 e. The lowest BCUT2D eigenvalue weighted by atomic mass is 9.70. The Morgan fingerprint density at radius 1 is 1.09 bits per heavy atom. The summed E-state index contributed by atoms with van der Waals surface area (Å²) >= 11 is 1.83. The molecule has 0 amide bonds. The van der Waals surface area contributed by atoms with E-state index in [4.69, 9.17) is 0 Å². The van der Waals surface area contributed by atoms with Crippen LogP contribution in [0.5, 0.6) is 0 Å². The first-order chi connectivity index (χ1) is 16.6. The quantitative estimate of drug-likeness (QED) is 0.322. The molecule has 0 saturated carbocycles. The fraction of sp³-hybridized carbons (Fsp3) is 0.481. The van der Waals surface area contributed by atoms with E-state index in [1.807, 2.05) is 40.7 Å². The number of tetrazole rings is 1. The third kappa shape index (κ3) is 6.68. The highest BCUT2D eigenvalue weighted by molar-refractivity contribution is 7.98. The number of hydrogen-bond donors (Lipinski definition) is 1. The van der Waals surface area contributed by atoms with Crippen molar-refractivity contribution in [3.8, 4) is 6.07 Å². The molecule has 1 heterocycles. The molecule has 0 bridgehead atoms. The minimum absolute atomic E-state index is 0.0884. The van der Waals surface area contributed by atoms with Crippen molar-refractivity contribution in [3.05, 3.63) is 77.6 Å². The number of hydrogen-bond acceptors (Lipinski definition) is 6. The van der Waals surface area contributed by atoms with Gasteiger partial charge in [-0.3, -0.25) is 0 Å². The third-order valence-corrected chi connectivity index (χ3v) is 7.19. The Balaban J connectivity index is 1.64. The first-order valence-corrected chi connectivity index (χ1v) is 13.5. The summed E-state index contributed by atoms with van der Waals surface area (Å²) in [6.07, 6.45) is 5.69. The molecule has 0 saturated heterocycles. The van der Waals surface area contributed by atoms with E-state index in [0.29, 0.717) is 0 Å². The Bertz CT molecular complexity index is 1010. The number of nitrogens with zero attached hydrogens (tertiary/aromatic N) is 5. The molecule has 7 heteroatoms. The molecular formula is C27H36N6S. The highest BCUT2D eigenvalue weighted by Crippen LogP contribution is 2.36. The van der Waals surface area contributed by atoms with E-state index in [9.17, 15) is 5.26 Å². The molecule has 3 rings (SSSR count). The van der Waals surface area contributed by atoms with Crippen LogP contribution in [0.25, 0.3) is 0 Å². The zero-order valence-electron chi connectivity index (χ0n) is 20.5. The minimum atomic E-state index is -0.477. The van der Waals surface area contributed by atoms with Crippen molar-refractivity contribution in [2.45, 2.75) is 57.5 Å². The Kier molecular flexibility index (Phi) is 10.1. The Hall–Kier alpha value is -2.69. The van der Waals surface area contributed by atoms with Crippen LogP contribution in [0.4, 0.5) is 0 Å². The average molecular weight is 477 g/mol. The summed E-state index contributed by atoms with van der Waals surface area (Å²) in [6.45, 7) is 5.86. The van der Waals surface area contributed by atoms with Crippen LogP contribution in [0.15, 0.2) is 60.7 Å². The number of nitrogens with one attached hydrogen (secondary N) is 1. The maximum absolute atomic E-state index is 10.2. The molecule has 34 heavy (non-hydrogen) atoms. The van der Waals surface area contributed by atoms with Crippen LogP contribution < -0.4 is 5.32 Å². The molecule has 0 radical (unpaired) electrons. The predicted octanol–water partition coefficient (Wildman–Crippen LogP) is 5.20. The van der Waals surface area contributed by atoms with Crippen molar-refractivity contribution in [2.75, 3.05) is 18.6 Å². The number of rotatable bonds is 14. The number of benzene rings is 2. The van der Waals surface area contributed by atoms with Crippen molar-refractivity contribution < 1.29 is 0 Å². The van der Waals surface area contributed by atoms with E-state index in [0.717, 1.165) is 55.9 Å². The van der Waals surface area contributed by atoms with Gasteiger partial charge in [0.1, 0.15) is 0 Å². The summed E-state index contributed by atoms with van der Waals surface area (Å²) in [7, 11) is 0. The molecule has 180 valence electrons. The van der Waals surface area contributed by atoms with Crippen molar-refractivity contribution in [1.82, 2.24) is 25.5 Å². The van der Waals surface area contributed by atoms with Crippen molar-refractivity contribution in [3.63, 3.8) is 0 Å². The monoisotopic (exact) mass is 476 g/mol. The topological polar surface area (TPSA) is 79.4 Å². The molecule has 2 atom stereocenters. The molecule has 0 spiro atoms. The van der Waals surface area contributed by atoms with Gasteiger partial charge in [0.25, 0.3) is 0 Å². The zero-order valence-corrected chi connectivity index (χ0v) is 21.3. The molecule has 2 aromatic carbocycles. The third-order valence-electron chi connectivity index (χ3n) is 6.55. The van der Waals surface area contributed by atoms with Gasteiger partial charge in [0.05, 0.1) is 17.5 Å². The van der Waals surface area contributed by atoms with E-state index in [1.54, 1.807) is 0 Å².